The fourth-order valence-electron chi connectivity index (χ4n) is 5.80. The van der Waals surface area contributed by atoms with Gasteiger partial charge in [-0.05, 0) is 30.0 Å². The summed E-state index contributed by atoms with van der Waals surface area (Å²) in [6.07, 6.45) is 0.470. The number of nitrogens with zero attached hydrogens (tertiary/aromatic N) is 3. The van der Waals surface area contributed by atoms with Crippen LogP contribution in [0.25, 0.3) is 0 Å². The Kier molecular flexibility index (Phi) is 3.21. The van der Waals surface area contributed by atoms with Crippen molar-refractivity contribution in [1.29, 1.82) is 21.2 Å². The number of methoxy groups -OCH3 is 1. The number of fused-ring (bicyclic) bond motifs is 1. The van der Waals surface area contributed by atoms with E-state index in [1.165, 1.54) is 0 Å². The molecule has 2 N–H and O–H groups in total. The topological polar surface area (TPSA) is 134 Å². The number of benzene rings is 1. The van der Waals surface area contributed by atoms with E-state index in [1.54, 1.807) is 26.2 Å². The minimum atomic E-state index is -1.82. The normalized spacial score (nSPS) is 40.4. The SMILES string of the molecule is COc1ccc(C2CC3(C)CC4(O)OC(=N)C(C#N)(C24)C3(C#N)C#N)cc1. The molecule has 4 fully saturated rings. The van der Waals surface area contributed by atoms with Crippen LogP contribution >= 0.6 is 0 Å². The van der Waals surface area contributed by atoms with Gasteiger partial charge in [0.2, 0.25) is 11.7 Å². The van der Waals surface area contributed by atoms with Gasteiger partial charge in [-0.25, -0.2) is 0 Å². The molecule has 0 spiro atoms. The van der Waals surface area contributed by atoms with Gasteiger partial charge in [0.25, 0.3) is 0 Å². The van der Waals surface area contributed by atoms with E-state index in [1.807, 2.05) is 12.1 Å². The number of nitrogens with one attached hydrogen (secondary N) is 1. The number of hydrogen-bond donors (Lipinski definition) is 2. The lowest BCUT2D eigenvalue weighted by atomic mass is 9.35. The molecule has 7 nitrogen and oxygen atoms in total. The summed E-state index contributed by atoms with van der Waals surface area (Å²) in [4.78, 5) is 0. The molecule has 136 valence electrons. The molecule has 4 bridgehead atoms. The van der Waals surface area contributed by atoms with Crippen molar-refractivity contribution in [3.8, 4) is 24.0 Å². The van der Waals surface area contributed by atoms with Gasteiger partial charge < -0.3 is 14.6 Å². The summed E-state index contributed by atoms with van der Waals surface area (Å²) in [5.74, 6) is -2.77. The zero-order chi connectivity index (χ0) is 19.7. The summed E-state index contributed by atoms with van der Waals surface area (Å²) in [5.41, 5.74) is -3.74. The minimum Gasteiger partial charge on any atom is -0.497 e. The van der Waals surface area contributed by atoms with Crippen LogP contribution in [0.2, 0.25) is 0 Å². The van der Waals surface area contributed by atoms with E-state index in [4.69, 9.17) is 14.9 Å². The highest BCUT2D eigenvalue weighted by atomic mass is 16.6. The van der Waals surface area contributed by atoms with Crippen LogP contribution in [-0.2, 0) is 4.74 Å². The summed E-state index contributed by atoms with van der Waals surface area (Å²) in [7, 11) is 1.57. The van der Waals surface area contributed by atoms with Gasteiger partial charge in [-0.2, -0.15) is 15.8 Å². The number of aliphatic hydroxyl groups is 1. The zero-order valence-electron chi connectivity index (χ0n) is 15.0. The monoisotopic (exact) mass is 362 g/mol. The summed E-state index contributed by atoms with van der Waals surface area (Å²) in [6, 6.07) is 13.5. The molecule has 3 aliphatic carbocycles. The van der Waals surface area contributed by atoms with Gasteiger partial charge in [0, 0.05) is 11.8 Å². The van der Waals surface area contributed by atoms with Crippen molar-refractivity contribution in [2.45, 2.75) is 31.5 Å². The lowest BCUT2D eigenvalue weighted by Gasteiger charge is -2.61. The number of rotatable bonds is 2. The second-order valence-electron chi connectivity index (χ2n) is 7.97. The third-order valence-corrected chi connectivity index (χ3v) is 6.86. The average molecular weight is 362 g/mol. The average Bonchev–Trinajstić information content (AvgIpc) is 2.86. The minimum absolute atomic E-state index is 0.0320. The molecule has 1 aromatic carbocycles. The van der Waals surface area contributed by atoms with Crippen LogP contribution < -0.4 is 4.74 Å². The van der Waals surface area contributed by atoms with E-state index in [9.17, 15) is 20.9 Å². The maximum absolute atomic E-state index is 11.2. The van der Waals surface area contributed by atoms with Crippen molar-refractivity contribution in [3.63, 3.8) is 0 Å². The summed E-state index contributed by atoms with van der Waals surface area (Å²) >= 11 is 0. The van der Waals surface area contributed by atoms with Crippen molar-refractivity contribution in [3.05, 3.63) is 29.8 Å². The molecule has 0 radical (unpaired) electrons. The highest BCUT2D eigenvalue weighted by molar-refractivity contribution is 5.90. The van der Waals surface area contributed by atoms with Crippen molar-refractivity contribution in [2.24, 2.45) is 22.2 Å². The van der Waals surface area contributed by atoms with Gasteiger partial charge in [0.1, 0.15) is 5.75 Å². The van der Waals surface area contributed by atoms with Crippen molar-refractivity contribution < 1.29 is 14.6 Å². The van der Waals surface area contributed by atoms with Gasteiger partial charge in [0.05, 0.1) is 31.2 Å². The quantitative estimate of drug-likeness (QED) is 0.830. The smallest absolute Gasteiger partial charge is 0.215 e. The molecule has 1 aliphatic heterocycles. The Morgan fingerprint density at radius 1 is 1.19 bits per heavy atom. The molecule has 7 heteroatoms. The lowest BCUT2D eigenvalue weighted by Crippen LogP contribution is -2.68. The summed E-state index contributed by atoms with van der Waals surface area (Å²) in [5, 5.41) is 49.7. The molecular formula is C20H18N4O3. The number of nitriles is 3. The molecule has 0 amide bonds. The molecular weight excluding hydrogens is 344 g/mol. The largest absolute Gasteiger partial charge is 0.497 e. The molecule has 5 rings (SSSR count). The lowest BCUT2D eigenvalue weighted by molar-refractivity contribution is -0.262. The van der Waals surface area contributed by atoms with Crippen molar-refractivity contribution in [2.75, 3.05) is 7.11 Å². The predicted octanol–water partition coefficient (Wildman–Crippen LogP) is 2.45. The number of hydrogen-bond acceptors (Lipinski definition) is 7. The van der Waals surface area contributed by atoms with Crippen molar-refractivity contribution >= 4 is 5.90 Å². The highest BCUT2D eigenvalue weighted by Gasteiger charge is 2.86. The second-order valence-corrected chi connectivity index (χ2v) is 7.97. The van der Waals surface area contributed by atoms with Crippen LogP contribution in [-0.4, -0.2) is 23.9 Å². The van der Waals surface area contributed by atoms with Crippen molar-refractivity contribution in [1.82, 2.24) is 0 Å². The molecule has 4 aliphatic rings. The Balaban J connectivity index is 1.98. The van der Waals surface area contributed by atoms with Gasteiger partial charge in [0.15, 0.2) is 10.8 Å². The molecule has 1 aromatic rings. The zero-order valence-corrected chi connectivity index (χ0v) is 15.0. The third-order valence-electron chi connectivity index (χ3n) is 6.86. The third kappa shape index (κ3) is 1.65. The molecule has 1 heterocycles. The molecule has 1 saturated heterocycles. The summed E-state index contributed by atoms with van der Waals surface area (Å²) in [6.45, 7) is 1.74. The van der Waals surface area contributed by atoms with Crippen LogP contribution in [0, 0.1) is 61.6 Å². The standard InChI is InChI=1S/C20H18N4O3/c1-17-7-14(12-3-5-13(26-2)6-4-12)15-19(11-23,18(17,9-21)10-22)16(24)27-20(15,25)8-17/h3-6,14-15,24-25H,7-8H2,1-2H3. The maximum Gasteiger partial charge on any atom is 0.215 e. The van der Waals surface area contributed by atoms with Crippen LogP contribution in [0.1, 0.15) is 31.2 Å². The molecule has 3 saturated carbocycles. The van der Waals surface area contributed by atoms with E-state index in [-0.39, 0.29) is 12.3 Å². The first-order valence-electron chi connectivity index (χ1n) is 8.65. The van der Waals surface area contributed by atoms with E-state index in [2.05, 4.69) is 18.2 Å². The van der Waals surface area contributed by atoms with E-state index in [0.717, 1.165) is 5.56 Å². The summed E-state index contributed by atoms with van der Waals surface area (Å²) < 4.78 is 10.7. The van der Waals surface area contributed by atoms with Crippen LogP contribution in [0.3, 0.4) is 0 Å². The molecule has 5 unspecified atom stereocenters. The van der Waals surface area contributed by atoms with E-state index < -0.39 is 33.8 Å². The Morgan fingerprint density at radius 2 is 1.81 bits per heavy atom. The number of ether oxygens (including phenoxy) is 2. The van der Waals surface area contributed by atoms with Gasteiger partial charge >= 0.3 is 0 Å². The molecule has 5 atom stereocenters. The Morgan fingerprint density at radius 3 is 2.33 bits per heavy atom. The van der Waals surface area contributed by atoms with E-state index >= 15 is 0 Å². The fraction of sp³-hybridized carbons (Fsp3) is 0.500. The first kappa shape index (κ1) is 17.3. The first-order valence-corrected chi connectivity index (χ1v) is 8.65. The van der Waals surface area contributed by atoms with Crippen LogP contribution in [0.15, 0.2) is 24.3 Å². The van der Waals surface area contributed by atoms with E-state index in [0.29, 0.717) is 12.2 Å². The van der Waals surface area contributed by atoms with Gasteiger partial charge in [-0.3, -0.25) is 5.41 Å². The Bertz CT molecular complexity index is 955. The predicted molar refractivity (Wildman–Crippen MR) is 92.0 cm³/mol. The van der Waals surface area contributed by atoms with Gasteiger partial charge in [-0.15, -0.1) is 0 Å². The van der Waals surface area contributed by atoms with Crippen LogP contribution in [0.4, 0.5) is 0 Å². The molecule has 0 aromatic heterocycles. The van der Waals surface area contributed by atoms with Crippen LogP contribution in [0.5, 0.6) is 5.75 Å². The second kappa shape index (κ2) is 5.00. The highest BCUT2D eigenvalue weighted by Crippen LogP contribution is 2.77. The fourth-order valence-corrected chi connectivity index (χ4v) is 5.80. The molecule has 27 heavy (non-hydrogen) atoms. The maximum atomic E-state index is 11.2. The Labute approximate surface area is 156 Å². The Hall–Kier alpha value is -3.08. The van der Waals surface area contributed by atoms with Gasteiger partial charge in [-0.1, -0.05) is 19.1 Å². The first-order chi connectivity index (χ1) is 12.8.